The molecule has 3 rings (SSSR count). The zero-order valence-electron chi connectivity index (χ0n) is 16.9. The zero-order valence-corrected chi connectivity index (χ0v) is 16.9. The van der Waals surface area contributed by atoms with Crippen molar-refractivity contribution in [3.63, 3.8) is 0 Å². The van der Waals surface area contributed by atoms with Gasteiger partial charge in [0.05, 0.1) is 24.0 Å². The van der Waals surface area contributed by atoms with Crippen molar-refractivity contribution in [3.05, 3.63) is 36.3 Å². The van der Waals surface area contributed by atoms with Crippen molar-refractivity contribution in [1.29, 1.82) is 5.26 Å². The van der Waals surface area contributed by atoms with Gasteiger partial charge in [0.2, 0.25) is 5.91 Å². The lowest BCUT2D eigenvalue weighted by Crippen LogP contribution is -2.48. The first-order chi connectivity index (χ1) is 13.4. The van der Waals surface area contributed by atoms with Crippen LogP contribution in [0, 0.1) is 18.3 Å². The third-order valence-corrected chi connectivity index (χ3v) is 5.25. The quantitative estimate of drug-likeness (QED) is 0.798. The Bertz CT molecular complexity index is 852. The van der Waals surface area contributed by atoms with Crippen LogP contribution in [0.3, 0.4) is 0 Å². The first-order valence-corrected chi connectivity index (χ1v) is 9.78. The summed E-state index contributed by atoms with van der Waals surface area (Å²) in [6.45, 7) is 7.83. The summed E-state index contributed by atoms with van der Waals surface area (Å²) in [6, 6.07) is 7.97. The van der Waals surface area contributed by atoms with Crippen molar-refractivity contribution in [3.8, 4) is 17.3 Å². The van der Waals surface area contributed by atoms with E-state index in [-0.39, 0.29) is 24.0 Å². The van der Waals surface area contributed by atoms with E-state index in [1.807, 2.05) is 29.9 Å². The molecule has 0 spiro atoms. The maximum Gasteiger partial charge on any atom is 0.237 e. The summed E-state index contributed by atoms with van der Waals surface area (Å²) in [5.74, 6) is 0.00288. The largest absolute Gasteiger partial charge is 0.326 e. The van der Waals surface area contributed by atoms with Crippen molar-refractivity contribution in [2.75, 3.05) is 13.1 Å². The number of carbonyl (C=O) groups excluding carboxylic acids is 1. The molecule has 1 fully saturated rings. The van der Waals surface area contributed by atoms with E-state index in [1.165, 1.54) is 0 Å². The number of hydrogen-bond acceptors (Lipinski definition) is 5. The van der Waals surface area contributed by atoms with Gasteiger partial charge < -0.3 is 10.2 Å². The highest BCUT2D eigenvalue weighted by Crippen LogP contribution is 2.21. The van der Waals surface area contributed by atoms with Gasteiger partial charge in [0.15, 0.2) is 0 Å². The molecule has 1 aliphatic rings. The summed E-state index contributed by atoms with van der Waals surface area (Å²) in [6.07, 6.45) is 6.11. The highest BCUT2D eigenvalue weighted by Gasteiger charge is 2.29. The molecule has 7 heteroatoms. The molecule has 1 saturated heterocycles. The molecule has 1 N–H and O–H groups in total. The topological polar surface area (TPSA) is 86.8 Å². The maximum atomic E-state index is 12.5. The van der Waals surface area contributed by atoms with Crippen molar-refractivity contribution in [2.45, 2.75) is 58.2 Å². The number of aryl methyl sites for hydroxylation is 2. The molecule has 0 radical (unpaired) electrons. The average Bonchev–Trinajstić information content (AvgIpc) is 3.31. The SMILES string of the molecule is Cc1cc(-c2cccnc2)n(CCC(C)(C)NCC(=O)N2CCC[C@H]2C#N)n1. The smallest absolute Gasteiger partial charge is 0.237 e. The molecule has 0 aliphatic carbocycles. The van der Waals surface area contributed by atoms with E-state index in [0.717, 1.165) is 42.8 Å². The Morgan fingerprint density at radius 2 is 2.29 bits per heavy atom. The lowest BCUT2D eigenvalue weighted by Gasteiger charge is -2.28. The van der Waals surface area contributed by atoms with Crippen LogP contribution in [-0.2, 0) is 11.3 Å². The number of carbonyl (C=O) groups is 1. The first-order valence-electron chi connectivity index (χ1n) is 9.78. The number of rotatable bonds is 7. The zero-order chi connectivity index (χ0) is 20.1. The molecular weight excluding hydrogens is 352 g/mol. The number of amides is 1. The normalized spacial score (nSPS) is 16.9. The fourth-order valence-electron chi connectivity index (χ4n) is 3.55. The van der Waals surface area contributed by atoms with E-state index >= 15 is 0 Å². The number of nitrogens with one attached hydrogen (secondary N) is 1. The molecule has 0 bridgehead atoms. The molecule has 1 atom stereocenters. The number of likely N-dealkylation sites (tertiary alicyclic amines) is 1. The Hall–Kier alpha value is -2.72. The average molecular weight is 380 g/mol. The van der Waals surface area contributed by atoms with Crippen LogP contribution in [0.5, 0.6) is 0 Å². The van der Waals surface area contributed by atoms with Gasteiger partial charge in [-0.2, -0.15) is 10.4 Å². The molecule has 1 amide bonds. The summed E-state index contributed by atoms with van der Waals surface area (Å²) in [4.78, 5) is 18.4. The Kier molecular flexibility index (Phi) is 6.10. The van der Waals surface area contributed by atoms with Gasteiger partial charge in [-0.1, -0.05) is 0 Å². The Morgan fingerprint density at radius 3 is 3.00 bits per heavy atom. The van der Waals surface area contributed by atoms with Crippen LogP contribution in [0.15, 0.2) is 30.6 Å². The van der Waals surface area contributed by atoms with E-state index in [9.17, 15) is 4.79 Å². The molecule has 28 heavy (non-hydrogen) atoms. The van der Waals surface area contributed by atoms with Gasteiger partial charge >= 0.3 is 0 Å². The molecule has 2 aromatic rings. The lowest BCUT2D eigenvalue weighted by molar-refractivity contribution is -0.130. The number of pyridine rings is 1. The molecule has 0 aromatic carbocycles. The summed E-state index contributed by atoms with van der Waals surface area (Å²) in [7, 11) is 0. The van der Waals surface area contributed by atoms with E-state index in [0.29, 0.717) is 6.54 Å². The standard InChI is InChI=1S/C21H28N6O/c1-16-12-19(17-6-4-9-23-14-17)27(25-16)11-8-21(2,3)24-15-20(28)26-10-5-7-18(26)13-22/h4,6,9,12,14,18,24H,5,7-8,10-11,15H2,1-3H3/t18-/m0/s1. The van der Waals surface area contributed by atoms with Crippen molar-refractivity contribution >= 4 is 5.91 Å². The number of nitriles is 1. The number of nitrogens with zero attached hydrogens (tertiary/aromatic N) is 5. The third kappa shape index (κ3) is 4.76. The summed E-state index contributed by atoms with van der Waals surface area (Å²) >= 11 is 0. The Morgan fingerprint density at radius 1 is 1.46 bits per heavy atom. The van der Waals surface area contributed by atoms with Gasteiger partial charge in [0.1, 0.15) is 6.04 Å². The van der Waals surface area contributed by atoms with E-state index in [2.05, 4.69) is 41.4 Å². The van der Waals surface area contributed by atoms with Crippen LogP contribution < -0.4 is 5.32 Å². The highest BCUT2D eigenvalue weighted by molar-refractivity contribution is 5.79. The summed E-state index contributed by atoms with van der Waals surface area (Å²) in [5, 5.41) is 17.1. The van der Waals surface area contributed by atoms with Crippen LogP contribution in [-0.4, -0.2) is 50.2 Å². The summed E-state index contributed by atoms with van der Waals surface area (Å²) < 4.78 is 2.00. The van der Waals surface area contributed by atoms with Crippen LogP contribution >= 0.6 is 0 Å². The minimum Gasteiger partial charge on any atom is -0.326 e. The van der Waals surface area contributed by atoms with Gasteiger partial charge in [0, 0.05) is 36.6 Å². The van der Waals surface area contributed by atoms with Gasteiger partial charge in [0.25, 0.3) is 0 Å². The lowest BCUT2D eigenvalue weighted by atomic mass is 10.0. The van der Waals surface area contributed by atoms with Crippen LogP contribution in [0.1, 0.15) is 38.8 Å². The van der Waals surface area contributed by atoms with Crippen molar-refractivity contribution in [2.24, 2.45) is 0 Å². The van der Waals surface area contributed by atoms with Gasteiger partial charge in [-0.3, -0.25) is 14.5 Å². The monoisotopic (exact) mass is 380 g/mol. The molecule has 7 nitrogen and oxygen atoms in total. The van der Waals surface area contributed by atoms with Gasteiger partial charge in [-0.15, -0.1) is 0 Å². The van der Waals surface area contributed by atoms with E-state index < -0.39 is 0 Å². The van der Waals surface area contributed by atoms with Crippen molar-refractivity contribution in [1.82, 2.24) is 25.0 Å². The van der Waals surface area contributed by atoms with Crippen LogP contribution in [0.25, 0.3) is 11.3 Å². The molecule has 0 unspecified atom stereocenters. The second-order valence-electron chi connectivity index (χ2n) is 8.00. The van der Waals surface area contributed by atoms with Crippen molar-refractivity contribution < 1.29 is 4.79 Å². The molecule has 0 saturated carbocycles. The maximum absolute atomic E-state index is 12.5. The highest BCUT2D eigenvalue weighted by atomic mass is 16.2. The molecule has 148 valence electrons. The van der Waals surface area contributed by atoms with E-state index in [4.69, 9.17) is 5.26 Å². The fourth-order valence-corrected chi connectivity index (χ4v) is 3.55. The Balaban J connectivity index is 1.58. The predicted molar refractivity (Wildman–Crippen MR) is 107 cm³/mol. The molecule has 3 heterocycles. The predicted octanol–water partition coefficient (Wildman–Crippen LogP) is 2.53. The minimum absolute atomic E-state index is 0.00288. The second-order valence-corrected chi connectivity index (χ2v) is 8.00. The second kappa shape index (κ2) is 8.53. The fraction of sp³-hybridized carbons (Fsp3) is 0.524. The van der Waals surface area contributed by atoms with Crippen LogP contribution in [0.2, 0.25) is 0 Å². The molecule has 2 aromatic heterocycles. The summed E-state index contributed by atoms with van der Waals surface area (Å²) in [5.41, 5.74) is 2.83. The molecular formula is C21H28N6O. The number of aromatic nitrogens is 3. The van der Waals surface area contributed by atoms with Crippen LogP contribution in [0.4, 0.5) is 0 Å². The van der Waals surface area contributed by atoms with Gasteiger partial charge in [-0.25, -0.2) is 0 Å². The van der Waals surface area contributed by atoms with E-state index in [1.54, 1.807) is 11.1 Å². The van der Waals surface area contributed by atoms with Gasteiger partial charge in [-0.05, 0) is 58.2 Å². The molecule has 1 aliphatic heterocycles. The minimum atomic E-state index is -0.272. The first kappa shape index (κ1) is 20.0. The number of hydrogen-bond donors (Lipinski definition) is 1. The Labute approximate surface area is 166 Å². The third-order valence-electron chi connectivity index (χ3n) is 5.25.